The summed E-state index contributed by atoms with van der Waals surface area (Å²) in [5, 5.41) is 8.60. The zero-order valence-corrected chi connectivity index (χ0v) is 14.5. The fourth-order valence-corrected chi connectivity index (χ4v) is 5.43. The standard InChI is InChI=1S/C12H15BrN2O4S2/c1-2-21(18,19)10-7-20-4-3-15(10)11-9(12(16)17)5-8(13)6-14-11/h5-6,10H,2-4,7H2,1H3,(H,16,17). The molecule has 21 heavy (non-hydrogen) atoms. The van der Waals surface area contributed by atoms with Gasteiger partial charge in [-0.2, -0.15) is 11.8 Å². The van der Waals surface area contributed by atoms with Crippen molar-refractivity contribution in [1.29, 1.82) is 0 Å². The van der Waals surface area contributed by atoms with Crippen molar-refractivity contribution in [2.45, 2.75) is 12.3 Å². The first-order valence-corrected chi connectivity index (χ1v) is 9.98. The molecule has 0 aliphatic carbocycles. The second-order valence-corrected chi connectivity index (χ2v) is 9.02. The van der Waals surface area contributed by atoms with E-state index in [2.05, 4.69) is 20.9 Å². The van der Waals surface area contributed by atoms with E-state index in [4.69, 9.17) is 0 Å². The van der Waals surface area contributed by atoms with E-state index >= 15 is 0 Å². The van der Waals surface area contributed by atoms with Crippen molar-refractivity contribution < 1.29 is 18.3 Å². The molecule has 116 valence electrons. The number of pyridine rings is 1. The number of rotatable bonds is 4. The third-order valence-corrected chi connectivity index (χ3v) is 6.96. The molecule has 2 rings (SSSR count). The number of carbonyl (C=O) groups is 1. The minimum atomic E-state index is -3.31. The number of nitrogens with zero attached hydrogens (tertiary/aromatic N) is 2. The Labute approximate surface area is 136 Å². The highest BCUT2D eigenvalue weighted by molar-refractivity contribution is 9.10. The van der Waals surface area contributed by atoms with Crippen molar-refractivity contribution in [3.05, 3.63) is 22.3 Å². The van der Waals surface area contributed by atoms with Crippen LogP contribution in [0.5, 0.6) is 0 Å². The van der Waals surface area contributed by atoms with E-state index in [0.717, 1.165) is 5.75 Å². The molecule has 0 radical (unpaired) electrons. The van der Waals surface area contributed by atoms with Crippen molar-refractivity contribution in [3.63, 3.8) is 0 Å². The molecule has 1 saturated heterocycles. The van der Waals surface area contributed by atoms with E-state index in [9.17, 15) is 18.3 Å². The summed E-state index contributed by atoms with van der Waals surface area (Å²) in [7, 11) is -3.31. The number of sulfone groups is 1. The number of hydrogen-bond donors (Lipinski definition) is 1. The summed E-state index contributed by atoms with van der Waals surface area (Å²) in [4.78, 5) is 17.1. The summed E-state index contributed by atoms with van der Waals surface area (Å²) in [5.74, 6) is 0.283. The first-order chi connectivity index (χ1) is 9.86. The largest absolute Gasteiger partial charge is 0.478 e. The molecule has 0 aromatic carbocycles. The van der Waals surface area contributed by atoms with Gasteiger partial charge >= 0.3 is 5.97 Å². The number of hydrogen-bond acceptors (Lipinski definition) is 6. The predicted octanol–water partition coefficient (Wildman–Crippen LogP) is 1.86. The summed E-state index contributed by atoms with van der Waals surface area (Å²) in [6, 6.07) is 1.45. The molecule has 1 aliphatic rings. The van der Waals surface area contributed by atoms with Crippen LogP contribution in [0, 0.1) is 0 Å². The molecule has 0 saturated carbocycles. The Hall–Kier alpha value is -0.800. The Morgan fingerprint density at radius 2 is 2.33 bits per heavy atom. The van der Waals surface area contributed by atoms with Crippen LogP contribution < -0.4 is 4.90 Å². The molecule has 1 atom stereocenters. The molecule has 2 heterocycles. The number of carboxylic acid groups (broad SMARTS) is 1. The minimum absolute atomic E-state index is 0.00702. The summed E-state index contributed by atoms with van der Waals surface area (Å²) in [6.07, 6.45) is 1.49. The molecule has 1 aromatic rings. The van der Waals surface area contributed by atoms with Gasteiger partial charge in [-0.3, -0.25) is 0 Å². The van der Waals surface area contributed by atoms with E-state index in [1.807, 2.05) is 0 Å². The molecular weight excluding hydrogens is 380 g/mol. The van der Waals surface area contributed by atoms with Crippen molar-refractivity contribution in [2.24, 2.45) is 0 Å². The van der Waals surface area contributed by atoms with Gasteiger partial charge in [0.2, 0.25) is 0 Å². The number of carboxylic acids is 1. The molecule has 1 aromatic heterocycles. The van der Waals surface area contributed by atoms with Gasteiger partial charge in [-0.25, -0.2) is 18.2 Å². The molecule has 1 unspecified atom stereocenters. The third-order valence-electron chi connectivity index (χ3n) is 3.24. The molecule has 1 aliphatic heterocycles. The van der Waals surface area contributed by atoms with E-state index in [1.54, 1.807) is 23.6 Å². The van der Waals surface area contributed by atoms with Crippen LogP contribution in [-0.4, -0.2) is 53.7 Å². The highest BCUT2D eigenvalue weighted by Crippen LogP contribution is 2.29. The van der Waals surface area contributed by atoms with E-state index in [1.165, 1.54) is 12.3 Å². The first kappa shape index (κ1) is 16.6. The van der Waals surface area contributed by atoms with Crippen LogP contribution in [0.3, 0.4) is 0 Å². The zero-order valence-electron chi connectivity index (χ0n) is 11.3. The van der Waals surface area contributed by atoms with Crippen LogP contribution in [0.1, 0.15) is 17.3 Å². The number of aromatic nitrogens is 1. The summed E-state index contributed by atoms with van der Waals surface area (Å²) in [6.45, 7) is 2.06. The third kappa shape index (κ3) is 3.51. The lowest BCUT2D eigenvalue weighted by Gasteiger charge is -2.36. The van der Waals surface area contributed by atoms with Crippen molar-refractivity contribution in [3.8, 4) is 0 Å². The summed E-state index contributed by atoms with van der Waals surface area (Å²) >= 11 is 4.75. The lowest BCUT2D eigenvalue weighted by atomic mass is 10.2. The van der Waals surface area contributed by atoms with Gasteiger partial charge in [0.15, 0.2) is 9.84 Å². The van der Waals surface area contributed by atoms with Gasteiger partial charge in [-0.1, -0.05) is 6.92 Å². The van der Waals surface area contributed by atoms with Gasteiger partial charge < -0.3 is 10.0 Å². The van der Waals surface area contributed by atoms with Gasteiger partial charge in [-0.15, -0.1) is 0 Å². The van der Waals surface area contributed by atoms with Crippen LogP contribution in [0.15, 0.2) is 16.7 Å². The van der Waals surface area contributed by atoms with Crippen LogP contribution in [-0.2, 0) is 9.84 Å². The number of anilines is 1. The molecule has 0 spiro atoms. The molecule has 9 heteroatoms. The Morgan fingerprint density at radius 3 is 2.95 bits per heavy atom. The van der Waals surface area contributed by atoms with Crippen molar-refractivity contribution in [2.75, 3.05) is 28.7 Å². The second kappa shape index (κ2) is 6.53. The average molecular weight is 395 g/mol. The molecule has 1 fully saturated rings. The lowest BCUT2D eigenvalue weighted by Crippen LogP contribution is -2.48. The highest BCUT2D eigenvalue weighted by atomic mass is 79.9. The van der Waals surface area contributed by atoms with Gasteiger partial charge in [0, 0.05) is 34.5 Å². The maximum absolute atomic E-state index is 12.2. The van der Waals surface area contributed by atoms with Gasteiger partial charge in [0.05, 0.1) is 0 Å². The SMILES string of the molecule is CCS(=O)(=O)C1CSCCN1c1ncc(Br)cc1C(=O)O. The Morgan fingerprint density at radius 1 is 1.62 bits per heavy atom. The molecular formula is C12H15BrN2O4S2. The fraction of sp³-hybridized carbons (Fsp3) is 0.500. The van der Waals surface area contributed by atoms with E-state index in [0.29, 0.717) is 16.8 Å². The zero-order chi connectivity index (χ0) is 15.6. The predicted molar refractivity (Wildman–Crippen MR) is 86.8 cm³/mol. The minimum Gasteiger partial charge on any atom is -0.478 e. The van der Waals surface area contributed by atoms with Crippen LogP contribution in [0.4, 0.5) is 5.82 Å². The maximum Gasteiger partial charge on any atom is 0.339 e. The van der Waals surface area contributed by atoms with Crippen LogP contribution in [0.25, 0.3) is 0 Å². The van der Waals surface area contributed by atoms with E-state index in [-0.39, 0.29) is 17.1 Å². The average Bonchev–Trinajstić information content (AvgIpc) is 2.47. The molecule has 0 amide bonds. The topological polar surface area (TPSA) is 87.6 Å². The first-order valence-electron chi connectivity index (χ1n) is 6.31. The Balaban J connectivity index is 2.50. The summed E-state index contributed by atoms with van der Waals surface area (Å²) in [5.41, 5.74) is 0.00702. The Bertz CT molecular complexity index is 651. The lowest BCUT2D eigenvalue weighted by molar-refractivity contribution is 0.0697. The van der Waals surface area contributed by atoms with Crippen LogP contribution >= 0.6 is 27.7 Å². The second-order valence-electron chi connectivity index (χ2n) is 4.50. The molecule has 0 bridgehead atoms. The van der Waals surface area contributed by atoms with Crippen LogP contribution in [0.2, 0.25) is 0 Å². The monoisotopic (exact) mass is 394 g/mol. The normalized spacial score (nSPS) is 19.5. The summed E-state index contributed by atoms with van der Waals surface area (Å²) < 4.78 is 25.0. The maximum atomic E-state index is 12.2. The van der Waals surface area contributed by atoms with Gasteiger partial charge in [0.1, 0.15) is 16.8 Å². The number of halogens is 1. The van der Waals surface area contributed by atoms with Gasteiger partial charge in [-0.05, 0) is 22.0 Å². The number of aromatic carboxylic acids is 1. The molecule has 6 nitrogen and oxygen atoms in total. The fourth-order valence-electron chi connectivity index (χ4n) is 2.13. The molecule has 1 N–H and O–H groups in total. The smallest absolute Gasteiger partial charge is 0.339 e. The quantitative estimate of drug-likeness (QED) is 0.833. The van der Waals surface area contributed by atoms with Crippen molar-refractivity contribution >= 4 is 49.3 Å². The van der Waals surface area contributed by atoms with Gasteiger partial charge in [0.25, 0.3) is 0 Å². The Kier molecular flexibility index (Phi) is 5.15. The van der Waals surface area contributed by atoms with E-state index < -0.39 is 21.2 Å². The number of thioether (sulfide) groups is 1. The highest BCUT2D eigenvalue weighted by Gasteiger charge is 2.35. The van der Waals surface area contributed by atoms with Crippen molar-refractivity contribution in [1.82, 2.24) is 4.98 Å².